The molecule has 1 fully saturated rings. The zero-order chi connectivity index (χ0) is 21.8. The predicted octanol–water partition coefficient (Wildman–Crippen LogP) is 5.82. The number of hydrogen-bond donors (Lipinski definition) is 0. The number of para-hydroxylation sites is 2. The third-order valence-corrected chi connectivity index (χ3v) is 5.66. The number of carbonyl (C=O) groups is 2. The van der Waals surface area contributed by atoms with E-state index in [1.54, 1.807) is 30.3 Å². The van der Waals surface area contributed by atoms with E-state index in [0.29, 0.717) is 22.9 Å². The first kappa shape index (κ1) is 20.8. The van der Waals surface area contributed by atoms with Gasteiger partial charge in [-0.3, -0.25) is 9.59 Å². The molecule has 156 valence electrons. The maximum absolute atomic E-state index is 12.9. The van der Waals surface area contributed by atoms with Gasteiger partial charge in [0.05, 0.1) is 17.7 Å². The van der Waals surface area contributed by atoms with Crippen molar-refractivity contribution in [3.05, 3.63) is 94.4 Å². The zero-order valence-electron chi connectivity index (χ0n) is 17.2. The fraction of sp³-hybridized carbons (Fsp3) is 0.120. The Labute approximate surface area is 185 Å². The summed E-state index contributed by atoms with van der Waals surface area (Å²) >= 11 is 0.915. The Balaban J connectivity index is 1.47. The van der Waals surface area contributed by atoms with E-state index in [-0.39, 0.29) is 11.1 Å². The Morgan fingerprint density at radius 3 is 2.48 bits per heavy atom. The number of amides is 2. The molecule has 0 bridgehead atoms. The number of thioether (sulfide) groups is 1. The average molecular weight is 432 g/mol. The lowest BCUT2D eigenvalue weighted by Crippen LogP contribution is -2.28. The quantitative estimate of drug-likeness (QED) is 0.460. The summed E-state index contributed by atoms with van der Waals surface area (Å²) in [6.07, 6.45) is 1.71. The van der Waals surface area contributed by atoms with Gasteiger partial charge in [-0.15, -0.1) is 0 Å². The van der Waals surface area contributed by atoms with E-state index in [2.05, 4.69) is 6.07 Å². The fourth-order valence-corrected chi connectivity index (χ4v) is 4.10. The first-order chi connectivity index (χ1) is 15.0. The minimum atomic E-state index is -0.362. The molecular weight excluding hydrogens is 410 g/mol. The van der Waals surface area contributed by atoms with Gasteiger partial charge < -0.3 is 9.47 Å². The van der Waals surface area contributed by atoms with E-state index in [4.69, 9.17) is 9.47 Å². The molecule has 1 saturated heterocycles. The molecule has 0 saturated carbocycles. The van der Waals surface area contributed by atoms with Gasteiger partial charge in [0.1, 0.15) is 18.1 Å². The second-order valence-electron chi connectivity index (χ2n) is 7.04. The minimum absolute atomic E-state index is 0.348. The number of imide groups is 1. The number of anilines is 1. The van der Waals surface area contributed by atoms with Crippen LogP contribution in [0.4, 0.5) is 10.5 Å². The largest absolute Gasteiger partial charge is 0.495 e. The van der Waals surface area contributed by atoms with Crippen LogP contribution in [0.5, 0.6) is 11.5 Å². The van der Waals surface area contributed by atoms with Gasteiger partial charge in [-0.2, -0.15) is 0 Å². The number of aryl methyl sites for hydroxylation is 1. The lowest BCUT2D eigenvalue weighted by molar-refractivity contribution is -0.113. The van der Waals surface area contributed by atoms with E-state index in [1.165, 1.54) is 12.7 Å². The molecule has 1 heterocycles. The third kappa shape index (κ3) is 4.64. The second kappa shape index (κ2) is 9.10. The molecular formula is C25H21NO4S. The summed E-state index contributed by atoms with van der Waals surface area (Å²) in [6.45, 7) is 2.53. The van der Waals surface area contributed by atoms with E-state index in [1.807, 2.05) is 49.4 Å². The zero-order valence-corrected chi connectivity index (χ0v) is 18.0. The van der Waals surface area contributed by atoms with Gasteiger partial charge in [-0.05, 0) is 60.2 Å². The maximum atomic E-state index is 12.9. The van der Waals surface area contributed by atoms with Gasteiger partial charge in [-0.1, -0.05) is 54.1 Å². The molecule has 6 heteroatoms. The van der Waals surface area contributed by atoms with Crippen LogP contribution in [0.1, 0.15) is 16.7 Å². The fourth-order valence-electron chi connectivity index (χ4n) is 3.27. The first-order valence-corrected chi connectivity index (χ1v) is 10.6. The standard InChI is InChI=1S/C25H21NO4S/c1-17-6-5-7-19(14-17)16-30-20-12-10-18(11-13-20)15-23-24(27)26(25(28)31-23)21-8-3-4-9-22(21)29-2/h3-15H,16H2,1-2H3/b23-15-. The molecule has 31 heavy (non-hydrogen) atoms. The molecule has 0 aliphatic carbocycles. The molecule has 0 unspecified atom stereocenters. The van der Waals surface area contributed by atoms with Crippen molar-refractivity contribution in [2.75, 3.05) is 12.0 Å². The van der Waals surface area contributed by atoms with E-state index < -0.39 is 0 Å². The summed E-state index contributed by atoms with van der Waals surface area (Å²) in [5.41, 5.74) is 3.55. The number of benzene rings is 3. The van der Waals surface area contributed by atoms with Crippen LogP contribution in [-0.4, -0.2) is 18.3 Å². The average Bonchev–Trinajstić information content (AvgIpc) is 3.06. The lowest BCUT2D eigenvalue weighted by atomic mass is 10.1. The normalized spacial score (nSPS) is 14.9. The maximum Gasteiger partial charge on any atom is 0.298 e. The Hall–Kier alpha value is -3.51. The van der Waals surface area contributed by atoms with Gasteiger partial charge in [0.25, 0.3) is 11.1 Å². The van der Waals surface area contributed by atoms with Crippen molar-refractivity contribution in [3.8, 4) is 11.5 Å². The van der Waals surface area contributed by atoms with Gasteiger partial charge in [0.2, 0.25) is 0 Å². The van der Waals surface area contributed by atoms with Crippen LogP contribution in [0.2, 0.25) is 0 Å². The van der Waals surface area contributed by atoms with Gasteiger partial charge in [0, 0.05) is 0 Å². The highest BCUT2D eigenvalue weighted by molar-refractivity contribution is 8.19. The molecule has 3 aromatic carbocycles. The monoisotopic (exact) mass is 431 g/mol. The number of ether oxygens (including phenoxy) is 2. The molecule has 0 N–H and O–H groups in total. The van der Waals surface area contributed by atoms with Crippen LogP contribution in [0.25, 0.3) is 6.08 Å². The molecule has 0 atom stereocenters. The van der Waals surface area contributed by atoms with E-state index >= 15 is 0 Å². The van der Waals surface area contributed by atoms with Crippen molar-refractivity contribution in [1.82, 2.24) is 0 Å². The summed E-state index contributed by atoms with van der Waals surface area (Å²) in [6, 6.07) is 22.6. The highest BCUT2D eigenvalue weighted by atomic mass is 32.2. The number of carbonyl (C=O) groups excluding carboxylic acids is 2. The highest BCUT2D eigenvalue weighted by Crippen LogP contribution is 2.39. The summed E-state index contributed by atoms with van der Waals surface area (Å²) in [4.78, 5) is 26.9. The molecule has 1 aliphatic rings. The van der Waals surface area contributed by atoms with Crippen molar-refractivity contribution in [2.45, 2.75) is 13.5 Å². The summed E-state index contributed by atoms with van der Waals surface area (Å²) in [5, 5.41) is -0.348. The number of nitrogens with zero attached hydrogens (tertiary/aromatic N) is 1. The SMILES string of the molecule is COc1ccccc1N1C(=O)S/C(=C\c2ccc(OCc3cccc(C)c3)cc2)C1=O. The van der Waals surface area contributed by atoms with Crippen LogP contribution >= 0.6 is 11.8 Å². The van der Waals surface area contributed by atoms with Gasteiger partial charge in [0.15, 0.2) is 0 Å². The minimum Gasteiger partial charge on any atom is -0.495 e. The Morgan fingerprint density at radius 2 is 1.74 bits per heavy atom. The second-order valence-corrected chi connectivity index (χ2v) is 8.03. The number of hydrogen-bond acceptors (Lipinski definition) is 5. The molecule has 3 aromatic rings. The van der Waals surface area contributed by atoms with Crippen LogP contribution in [0.15, 0.2) is 77.7 Å². The predicted molar refractivity (Wildman–Crippen MR) is 123 cm³/mol. The Morgan fingerprint density at radius 1 is 0.968 bits per heavy atom. The number of rotatable bonds is 6. The molecule has 1 aliphatic heterocycles. The van der Waals surface area contributed by atoms with Crippen molar-refractivity contribution >= 4 is 34.7 Å². The van der Waals surface area contributed by atoms with Gasteiger partial charge in [-0.25, -0.2) is 4.90 Å². The molecule has 0 spiro atoms. The molecule has 5 nitrogen and oxygen atoms in total. The van der Waals surface area contributed by atoms with Crippen LogP contribution in [0.3, 0.4) is 0 Å². The first-order valence-electron chi connectivity index (χ1n) is 9.74. The number of methoxy groups -OCH3 is 1. The van der Waals surface area contributed by atoms with E-state index in [0.717, 1.165) is 33.5 Å². The van der Waals surface area contributed by atoms with Crippen molar-refractivity contribution in [3.63, 3.8) is 0 Å². The summed E-state index contributed by atoms with van der Waals surface area (Å²) in [5.74, 6) is 0.848. The Bertz CT molecular complexity index is 1150. The molecule has 2 amide bonds. The van der Waals surface area contributed by atoms with E-state index in [9.17, 15) is 9.59 Å². The van der Waals surface area contributed by atoms with Crippen LogP contribution in [0, 0.1) is 6.92 Å². The summed E-state index contributed by atoms with van der Waals surface area (Å²) in [7, 11) is 1.51. The lowest BCUT2D eigenvalue weighted by Gasteiger charge is -2.15. The molecule has 0 radical (unpaired) electrons. The van der Waals surface area contributed by atoms with Crippen LogP contribution < -0.4 is 14.4 Å². The topological polar surface area (TPSA) is 55.8 Å². The smallest absolute Gasteiger partial charge is 0.298 e. The van der Waals surface area contributed by atoms with Crippen LogP contribution in [-0.2, 0) is 11.4 Å². The highest BCUT2D eigenvalue weighted by Gasteiger charge is 2.37. The van der Waals surface area contributed by atoms with Crippen molar-refractivity contribution in [1.29, 1.82) is 0 Å². The van der Waals surface area contributed by atoms with Crippen molar-refractivity contribution in [2.24, 2.45) is 0 Å². The molecule has 4 rings (SSSR count). The van der Waals surface area contributed by atoms with Gasteiger partial charge >= 0.3 is 0 Å². The van der Waals surface area contributed by atoms with Crippen molar-refractivity contribution < 1.29 is 19.1 Å². The summed E-state index contributed by atoms with van der Waals surface area (Å²) < 4.78 is 11.1. The Kier molecular flexibility index (Phi) is 6.09. The third-order valence-electron chi connectivity index (χ3n) is 4.79. The molecule has 0 aromatic heterocycles.